The van der Waals surface area contributed by atoms with Gasteiger partial charge in [0.25, 0.3) is 0 Å². The highest BCUT2D eigenvalue weighted by molar-refractivity contribution is 9.10. The van der Waals surface area contributed by atoms with Gasteiger partial charge in [-0.1, -0.05) is 12.1 Å². The highest BCUT2D eigenvalue weighted by atomic mass is 79.9. The van der Waals surface area contributed by atoms with Gasteiger partial charge in [-0.2, -0.15) is 5.10 Å². The molecule has 0 atom stereocenters. The van der Waals surface area contributed by atoms with E-state index in [1.165, 1.54) is 7.11 Å². The molecule has 0 aliphatic rings. The maximum atomic E-state index is 11.7. The van der Waals surface area contributed by atoms with E-state index in [2.05, 4.69) is 21.0 Å². The first-order chi connectivity index (χ1) is 11.1. The van der Waals surface area contributed by atoms with Gasteiger partial charge in [-0.05, 0) is 51.8 Å². The Labute approximate surface area is 141 Å². The van der Waals surface area contributed by atoms with Crippen molar-refractivity contribution in [3.05, 3.63) is 58.2 Å². The summed E-state index contributed by atoms with van der Waals surface area (Å²) in [6.45, 7) is 0.594. The van der Waals surface area contributed by atoms with E-state index in [1.807, 2.05) is 35.0 Å². The lowest BCUT2D eigenvalue weighted by Crippen LogP contribution is -2.04. The monoisotopic (exact) mass is 374 g/mol. The average Bonchev–Trinajstić information content (AvgIpc) is 2.90. The van der Waals surface area contributed by atoms with E-state index in [1.54, 1.807) is 19.2 Å². The number of fused-ring (bicyclic) bond motifs is 1. The number of esters is 1. The number of benzene rings is 2. The molecule has 0 N–H and O–H groups in total. The van der Waals surface area contributed by atoms with Gasteiger partial charge in [0.15, 0.2) is 0 Å². The van der Waals surface area contributed by atoms with Crippen LogP contribution in [0.15, 0.2) is 47.1 Å². The number of nitrogens with zero attached hydrogens (tertiary/aromatic N) is 2. The lowest BCUT2D eigenvalue weighted by molar-refractivity contribution is 0.0601. The summed E-state index contributed by atoms with van der Waals surface area (Å²) in [5.74, 6) is 0.452. The number of carbonyl (C=O) groups is 1. The second-order valence-electron chi connectivity index (χ2n) is 5.02. The van der Waals surface area contributed by atoms with Crippen molar-refractivity contribution >= 4 is 32.8 Å². The molecule has 3 rings (SSSR count). The van der Waals surface area contributed by atoms with Crippen molar-refractivity contribution in [3.63, 3.8) is 0 Å². The SMILES string of the molecule is COC(=O)c1ccc2c(Br)nn(Cc3ccc(OC)cc3)c2c1. The molecule has 2 aromatic carbocycles. The Kier molecular flexibility index (Phi) is 4.34. The summed E-state index contributed by atoms with van der Waals surface area (Å²) in [6.07, 6.45) is 0. The van der Waals surface area contributed by atoms with Gasteiger partial charge in [0.05, 0.1) is 31.8 Å². The number of hydrogen-bond donors (Lipinski definition) is 0. The molecule has 0 fully saturated rings. The van der Waals surface area contributed by atoms with Crippen molar-refractivity contribution in [2.75, 3.05) is 14.2 Å². The maximum absolute atomic E-state index is 11.7. The smallest absolute Gasteiger partial charge is 0.337 e. The molecular weight excluding hydrogens is 360 g/mol. The summed E-state index contributed by atoms with van der Waals surface area (Å²) in [4.78, 5) is 11.7. The molecule has 0 spiro atoms. The number of hydrogen-bond acceptors (Lipinski definition) is 4. The number of halogens is 1. The van der Waals surface area contributed by atoms with Crippen LogP contribution in [0.25, 0.3) is 10.9 Å². The Morgan fingerprint density at radius 3 is 2.57 bits per heavy atom. The second-order valence-corrected chi connectivity index (χ2v) is 5.77. The first-order valence-corrected chi connectivity index (χ1v) is 7.79. The Balaban J connectivity index is 2.00. The fraction of sp³-hybridized carbons (Fsp3) is 0.176. The maximum Gasteiger partial charge on any atom is 0.337 e. The Morgan fingerprint density at radius 1 is 1.17 bits per heavy atom. The van der Waals surface area contributed by atoms with E-state index in [0.717, 1.165) is 26.8 Å². The van der Waals surface area contributed by atoms with Gasteiger partial charge in [-0.25, -0.2) is 4.79 Å². The predicted molar refractivity (Wildman–Crippen MR) is 90.9 cm³/mol. The molecule has 0 radical (unpaired) electrons. The van der Waals surface area contributed by atoms with E-state index in [-0.39, 0.29) is 5.97 Å². The van der Waals surface area contributed by atoms with Crippen LogP contribution in [0.3, 0.4) is 0 Å². The van der Waals surface area contributed by atoms with Crippen LogP contribution in [-0.2, 0) is 11.3 Å². The van der Waals surface area contributed by atoms with Crippen LogP contribution in [0.5, 0.6) is 5.75 Å². The standard InChI is InChI=1S/C17H15BrN2O3/c1-22-13-6-3-11(4-7-13)10-20-15-9-12(17(21)23-2)5-8-14(15)16(18)19-20/h3-9H,10H2,1-2H3. The number of methoxy groups -OCH3 is 2. The Morgan fingerprint density at radius 2 is 1.91 bits per heavy atom. The van der Waals surface area contributed by atoms with Crippen LogP contribution in [0, 0.1) is 0 Å². The van der Waals surface area contributed by atoms with Gasteiger partial charge >= 0.3 is 5.97 Å². The van der Waals surface area contributed by atoms with E-state index in [4.69, 9.17) is 9.47 Å². The number of ether oxygens (including phenoxy) is 2. The summed E-state index contributed by atoms with van der Waals surface area (Å²) in [5.41, 5.74) is 2.46. The minimum absolute atomic E-state index is 0.361. The minimum atomic E-state index is -0.361. The molecule has 0 saturated heterocycles. The zero-order valence-electron chi connectivity index (χ0n) is 12.7. The van der Waals surface area contributed by atoms with Crippen LogP contribution < -0.4 is 4.74 Å². The third kappa shape index (κ3) is 3.07. The molecular formula is C17H15BrN2O3. The van der Waals surface area contributed by atoms with Crippen LogP contribution in [0.1, 0.15) is 15.9 Å². The van der Waals surface area contributed by atoms with Crippen molar-refractivity contribution in [3.8, 4) is 5.75 Å². The lowest BCUT2D eigenvalue weighted by Gasteiger charge is -2.06. The molecule has 0 saturated carbocycles. The number of rotatable bonds is 4. The minimum Gasteiger partial charge on any atom is -0.497 e. The van der Waals surface area contributed by atoms with E-state index < -0.39 is 0 Å². The lowest BCUT2D eigenvalue weighted by atomic mass is 10.1. The molecule has 6 heteroatoms. The summed E-state index contributed by atoms with van der Waals surface area (Å²) in [7, 11) is 3.01. The highest BCUT2D eigenvalue weighted by Crippen LogP contribution is 2.25. The van der Waals surface area contributed by atoms with Gasteiger partial charge < -0.3 is 9.47 Å². The molecule has 23 heavy (non-hydrogen) atoms. The summed E-state index contributed by atoms with van der Waals surface area (Å²) in [5, 5.41) is 5.45. The summed E-state index contributed by atoms with van der Waals surface area (Å²) in [6, 6.07) is 13.2. The van der Waals surface area contributed by atoms with Crippen molar-refractivity contribution in [2.45, 2.75) is 6.54 Å². The molecule has 1 heterocycles. The summed E-state index contributed by atoms with van der Waals surface area (Å²) >= 11 is 3.46. The van der Waals surface area contributed by atoms with Crippen molar-refractivity contribution in [2.24, 2.45) is 0 Å². The van der Waals surface area contributed by atoms with E-state index in [0.29, 0.717) is 12.1 Å². The molecule has 118 valence electrons. The average molecular weight is 375 g/mol. The fourth-order valence-corrected chi connectivity index (χ4v) is 2.93. The number of aromatic nitrogens is 2. The normalized spacial score (nSPS) is 10.7. The van der Waals surface area contributed by atoms with Crippen LogP contribution in [0.2, 0.25) is 0 Å². The Hall–Kier alpha value is -2.34. The van der Waals surface area contributed by atoms with Crippen molar-refractivity contribution in [1.82, 2.24) is 9.78 Å². The molecule has 0 amide bonds. The Bertz CT molecular complexity index is 856. The van der Waals surface area contributed by atoms with Crippen LogP contribution in [0.4, 0.5) is 0 Å². The van der Waals surface area contributed by atoms with Gasteiger partial charge in [-0.15, -0.1) is 0 Å². The molecule has 0 aliphatic heterocycles. The van der Waals surface area contributed by atoms with Gasteiger partial charge in [0, 0.05) is 5.39 Å². The molecule has 0 unspecified atom stereocenters. The molecule has 1 aromatic heterocycles. The zero-order chi connectivity index (χ0) is 16.4. The van der Waals surface area contributed by atoms with Crippen LogP contribution in [-0.4, -0.2) is 30.0 Å². The second kappa shape index (κ2) is 6.42. The van der Waals surface area contributed by atoms with Crippen LogP contribution >= 0.6 is 15.9 Å². The van der Waals surface area contributed by atoms with Gasteiger partial charge in [-0.3, -0.25) is 4.68 Å². The van der Waals surface area contributed by atoms with Gasteiger partial charge in [0.1, 0.15) is 10.4 Å². The first-order valence-electron chi connectivity index (χ1n) is 6.99. The van der Waals surface area contributed by atoms with Crippen molar-refractivity contribution in [1.29, 1.82) is 0 Å². The van der Waals surface area contributed by atoms with Gasteiger partial charge in [0.2, 0.25) is 0 Å². The molecule has 3 aromatic rings. The first kappa shape index (κ1) is 15.6. The number of carbonyl (C=O) groups excluding carboxylic acids is 1. The molecule has 0 aliphatic carbocycles. The van der Waals surface area contributed by atoms with Crippen molar-refractivity contribution < 1.29 is 14.3 Å². The third-order valence-electron chi connectivity index (χ3n) is 3.62. The van der Waals surface area contributed by atoms with E-state index >= 15 is 0 Å². The quantitative estimate of drug-likeness (QED) is 0.654. The molecule has 0 bridgehead atoms. The highest BCUT2D eigenvalue weighted by Gasteiger charge is 2.13. The predicted octanol–water partition coefficient (Wildman–Crippen LogP) is 3.64. The topological polar surface area (TPSA) is 53.3 Å². The molecule has 5 nitrogen and oxygen atoms in total. The van der Waals surface area contributed by atoms with E-state index in [9.17, 15) is 4.79 Å². The zero-order valence-corrected chi connectivity index (χ0v) is 14.3. The third-order valence-corrected chi connectivity index (χ3v) is 4.20. The summed E-state index contributed by atoms with van der Waals surface area (Å²) < 4.78 is 12.6. The fourth-order valence-electron chi connectivity index (χ4n) is 2.40. The largest absolute Gasteiger partial charge is 0.497 e.